The zero-order valence-corrected chi connectivity index (χ0v) is 12.7. The summed E-state index contributed by atoms with van der Waals surface area (Å²) in [4.78, 5) is 0. The third-order valence-corrected chi connectivity index (χ3v) is 4.74. The van der Waals surface area contributed by atoms with Crippen molar-refractivity contribution >= 4 is 0 Å². The van der Waals surface area contributed by atoms with Crippen molar-refractivity contribution in [1.29, 1.82) is 0 Å². The second-order valence-electron chi connectivity index (χ2n) is 6.34. The number of aromatic nitrogens is 2. The molecule has 0 radical (unpaired) electrons. The topological polar surface area (TPSA) is 43.8 Å². The first-order valence-corrected chi connectivity index (χ1v) is 7.85. The van der Waals surface area contributed by atoms with Crippen molar-refractivity contribution in [2.24, 2.45) is 24.6 Å². The zero-order valence-electron chi connectivity index (χ0n) is 12.7. The molecule has 1 unspecified atom stereocenters. The summed E-state index contributed by atoms with van der Waals surface area (Å²) < 4.78 is 1.98. The van der Waals surface area contributed by atoms with E-state index >= 15 is 0 Å². The van der Waals surface area contributed by atoms with Crippen LogP contribution in [-0.4, -0.2) is 15.8 Å². The lowest BCUT2D eigenvalue weighted by Crippen LogP contribution is -2.35. The van der Waals surface area contributed by atoms with Gasteiger partial charge < -0.3 is 5.73 Å². The van der Waals surface area contributed by atoms with Gasteiger partial charge in [0, 0.05) is 25.2 Å². The standard InChI is InChI=1S/C16H29N3/c1-4-5-13-6-8-14(9-7-13)16(17)11-15-10-12(2)18-19(15)3/h10,13-14,16H,4-9,11,17H2,1-3H3. The van der Waals surface area contributed by atoms with Crippen molar-refractivity contribution in [2.45, 2.75) is 64.8 Å². The van der Waals surface area contributed by atoms with E-state index in [0.29, 0.717) is 12.0 Å². The third-order valence-electron chi connectivity index (χ3n) is 4.74. The van der Waals surface area contributed by atoms with Gasteiger partial charge in [0.2, 0.25) is 0 Å². The van der Waals surface area contributed by atoms with Crippen LogP contribution in [0, 0.1) is 18.8 Å². The van der Waals surface area contributed by atoms with Crippen LogP contribution in [0.15, 0.2) is 6.07 Å². The monoisotopic (exact) mass is 263 g/mol. The lowest BCUT2D eigenvalue weighted by atomic mass is 9.76. The van der Waals surface area contributed by atoms with E-state index in [9.17, 15) is 0 Å². The zero-order chi connectivity index (χ0) is 13.8. The summed E-state index contributed by atoms with van der Waals surface area (Å²) in [5, 5.41) is 4.41. The van der Waals surface area contributed by atoms with Crippen molar-refractivity contribution in [1.82, 2.24) is 9.78 Å². The predicted molar refractivity (Wildman–Crippen MR) is 80.0 cm³/mol. The van der Waals surface area contributed by atoms with E-state index in [1.807, 2.05) is 18.7 Å². The lowest BCUT2D eigenvalue weighted by Gasteiger charge is -2.32. The summed E-state index contributed by atoms with van der Waals surface area (Å²) in [6.45, 7) is 4.34. The molecule has 0 aromatic carbocycles. The first-order valence-electron chi connectivity index (χ1n) is 7.85. The van der Waals surface area contributed by atoms with E-state index < -0.39 is 0 Å². The third kappa shape index (κ3) is 3.82. The molecule has 0 aliphatic heterocycles. The summed E-state index contributed by atoms with van der Waals surface area (Å²) >= 11 is 0. The Hall–Kier alpha value is -0.830. The molecular formula is C16H29N3. The predicted octanol–water partition coefficient (Wildman–Crippen LogP) is 3.20. The SMILES string of the molecule is CCCC1CCC(C(N)Cc2cc(C)nn2C)CC1. The van der Waals surface area contributed by atoms with Gasteiger partial charge in [-0.1, -0.05) is 32.6 Å². The molecule has 0 bridgehead atoms. The summed E-state index contributed by atoms with van der Waals surface area (Å²) in [5.74, 6) is 1.68. The Kier molecular flexibility index (Phi) is 5.03. The van der Waals surface area contributed by atoms with E-state index in [2.05, 4.69) is 18.1 Å². The summed E-state index contributed by atoms with van der Waals surface area (Å²) in [6, 6.07) is 2.47. The highest BCUT2D eigenvalue weighted by Crippen LogP contribution is 2.33. The van der Waals surface area contributed by atoms with Crippen LogP contribution in [0.4, 0.5) is 0 Å². The maximum Gasteiger partial charge on any atom is 0.0596 e. The van der Waals surface area contributed by atoms with Gasteiger partial charge in [-0.05, 0) is 37.7 Å². The molecule has 3 heteroatoms. The Labute approximate surface area is 117 Å². The van der Waals surface area contributed by atoms with Gasteiger partial charge >= 0.3 is 0 Å². The number of aryl methyl sites for hydroxylation is 2. The highest BCUT2D eigenvalue weighted by atomic mass is 15.3. The Morgan fingerprint density at radius 1 is 1.37 bits per heavy atom. The van der Waals surface area contributed by atoms with Gasteiger partial charge in [0.15, 0.2) is 0 Å². The highest BCUT2D eigenvalue weighted by Gasteiger charge is 2.25. The molecule has 2 rings (SSSR count). The van der Waals surface area contributed by atoms with Crippen molar-refractivity contribution in [3.63, 3.8) is 0 Å². The van der Waals surface area contributed by atoms with Crippen LogP contribution in [-0.2, 0) is 13.5 Å². The molecule has 2 N–H and O–H groups in total. The number of nitrogens with two attached hydrogens (primary N) is 1. The van der Waals surface area contributed by atoms with Gasteiger partial charge in [-0.3, -0.25) is 4.68 Å². The van der Waals surface area contributed by atoms with E-state index in [-0.39, 0.29) is 0 Å². The molecule has 0 saturated heterocycles. The summed E-state index contributed by atoms with van der Waals surface area (Å²) in [6.07, 6.45) is 9.12. The average molecular weight is 263 g/mol. The van der Waals surface area contributed by atoms with Crippen LogP contribution in [0.3, 0.4) is 0 Å². The Balaban J connectivity index is 1.84. The molecule has 1 aliphatic rings. The van der Waals surface area contributed by atoms with Crippen LogP contribution in [0.1, 0.15) is 56.8 Å². The van der Waals surface area contributed by atoms with Gasteiger partial charge in [0.1, 0.15) is 0 Å². The first kappa shape index (κ1) is 14.6. The van der Waals surface area contributed by atoms with E-state index in [1.165, 1.54) is 44.2 Å². The molecule has 1 heterocycles. The second-order valence-corrected chi connectivity index (χ2v) is 6.34. The fraction of sp³-hybridized carbons (Fsp3) is 0.812. The molecule has 3 nitrogen and oxygen atoms in total. The Morgan fingerprint density at radius 3 is 2.58 bits per heavy atom. The molecule has 19 heavy (non-hydrogen) atoms. The van der Waals surface area contributed by atoms with Crippen LogP contribution in [0.25, 0.3) is 0 Å². The lowest BCUT2D eigenvalue weighted by molar-refractivity contribution is 0.231. The molecule has 1 aromatic rings. The normalized spacial score (nSPS) is 25.5. The fourth-order valence-corrected chi connectivity index (χ4v) is 3.58. The van der Waals surface area contributed by atoms with Crippen LogP contribution >= 0.6 is 0 Å². The molecule has 1 aromatic heterocycles. The van der Waals surface area contributed by atoms with Gasteiger partial charge in [-0.25, -0.2) is 0 Å². The number of hydrogen-bond donors (Lipinski definition) is 1. The maximum atomic E-state index is 6.44. The quantitative estimate of drug-likeness (QED) is 0.886. The van der Waals surface area contributed by atoms with Crippen LogP contribution in [0.2, 0.25) is 0 Å². The number of nitrogens with zero attached hydrogens (tertiary/aromatic N) is 2. The van der Waals surface area contributed by atoms with Gasteiger partial charge in [0.05, 0.1) is 5.69 Å². The van der Waals surface area contributed by atoms with Crippen molar-refractivity contribution in [3.05, 3.63) is 17.5 Å². The van der Waals surface area contributed by atoms with Crippen molar-refractivity contribution < 1.29 is 0 Å². The smallest absolute Gasteiger partial charge is 0.0596 e. The molecular weight excluding hydrogens is 234 g/mol. The minimum Gasteiger partial charge on any atom is -0.327 e. The largest absolute Gasteiger partial charge is 0.327 e. The summed E-state index contributed by atoms with van der Waals surface area (Å²) in [7, 11) is 2.02. The molecule has 0 amide bonds. The van der Waals surface area contributed by atoms with E-state index in [4.69, 9.17) is 5.73 Å². The molecule has 108 valence electrons. The van der Waals surface area contributed by atoms with Gasteiger partial charge in [-0.15, -0.1) is 0 Å². The van der Waals surface area contributed by atoms with Crippen molar-refractivity contribution in [3.8, 4) is 0 Å². The minimum absolute atomic E-state index is 0.303. The van der Waals surface area contributed by atoms with E-state index in [0.717, 1.165) is 18.0 Å². The molecule has 1 saturated carbocycles. The van der Waals surface area contributed by atoms with E-state index in [1.54, 1.807) is 0 Å². The number of hydrogen-bond acceptors (Lipinski definition) is 2. The maximum absolute atomic E-state index is 6.44. The number of rotatable bonds is 5. The minimum atomic E-state index is 0.303. The average Bonchev–Trinajstić information content (AvgIpc) is 2.69. The van der Waals surface area contributed by atoms with Gasteiger partial charge in [0.25, 0.3) is 0 Å². The van der Waals surface area contributed by atoms with Gasteiger partial charge in [-0.2, -0.15) is 5.10 Å². The van der Waals surface area contributed by atoms with Crippen molar-refractivity contribution in [2.75, 3.05) is 0 Å². The molecule has 0 spiro atoms. The Morgan fingerprint density at radius 2 is 2.05 bits per heavy atom. The van der Waals surface area contributed by atoms with Crippen LogP contribution < -0.4 is 5.73 Å². The highest BCUT2D eigenvalue weighted by molar-refractivity contribution is 5.10. The molecule has 1 fully saturated rings. The fourth-order valence-electron chi connectivity index (χ4n) is 3.58. The summed E-state index contributed by atoms with van der Waals surface area (Å²) in [5.41, 5.74) is 8.81. The Bertz CT molecular complexity index is 389. The van der Waals surface area contributed by atoms with Crippen LogP contribution in [0.5, 0.6) is 0 Å². The first-order chi connectivity index (χ1) is 9.10. The molecule has 1 atom stereocenters. The molecule has 1 aliphatic carbocycles. The second kappa shape index (κ2) is 6.56.